The molecule has 1 aliphatic heterocycles. The fourth-order valence-corrected chi connectivity index (χ4v) is 2.99. The van der Waals surface area contributed by atoms with Gasteiger partial charge >= 0.3 is 5.97 Å². The van der Waals surface area contributed by atoms with E-state index in [1.807, 2.05) is 32.0 Å². The van der Waals surface area contributed by atoms with E-state index in [-0.39, 0.29) is 24.3 Å². The predicted octanol–water partition coefficient (Wildman–Crippen LogP) is 2.92. The van der Waals surface area contributed by atoms with Crippen LogP contribution in [0.3, 0.4) is 0 Å². The van der Waals surface area contributed by atoms with E-state index in [1.165, 1.54) is 0 Å². The maximum absolute atomic E-state index is 12.1. The second kappa shape index (κ2) is 5.19. The molecule has 20 heavy (non-hydrogen) atoms. The van der Waals surface area contributed by atoms with E-state index in [0.717, 1.165) is 19.3 Å². The summed E-state index contributed by atoms with van der Waals surface area (Å²) < 4.78 is 17.4. The van der Waals surface area contributed by atoms with E-state index in [1.54, 1.807) is 12.1 Å². The van der Waals surface area contributed by atoms with Crippen molar-refractivity contribution in [2.45, 2.75) is 57.2 Å². The zero-order valence-corrected chi connectivity index (χ0v) is 11.9. The summed E-state index contributed by atoms with van der Waals surface area (Å²) >= 11 is 0. The highest BCUT2D eigenvalue weighted by atomic mass is 16.8. The average molecular weight is 276 g/mol. The topological polar surface area (TPSA) is 44.8 Å². The van der Waals surface area contributed by atoms with Crippen molar-refractivity contribution in [3.63, 3.8) is 0 Å². The normalized spacial score (nSPS) is 31.6. The van der Waals surface area contributed by atoms with Gasteiger partial charge in [0.05, 0.1) is 11.7 Å². The lowest BCUT2D eigenvalue weighted by molar-refractivity contribution is -0.153. The van der Waals surface area contributed by atoms with Crippen LogP contribution in [0.1, 0.15) is 43.5 Å². The lowest BCUT2D eigenvalue weighted by Crippen LogP contribution is -2.42. The summed E-state index contributed by atoms with van der Waals surface area (Å²) in [5.41, 5.74) is 0.577. The first kappa shape index (κ1) is 13.6. The number of ether oxygens (including phenoxy) is 3. The van der Waals surface area contributed by atoms with Crippen LogP contribution < -0.4 is 0 Å². The maximum atomic E-state index is 12.1. The van der Waals surface area contributed by atoms with E-state index in [0.29, 0.717) is 5.56 Å². The van der Waals surface area contributed by atoms with Crippen LogP contribution >= 0.6 is 0 Å². The minimum Gasteiger partial charge on any atom is -0.456 e. The third kappa shape index (κ3) is 2.72. The molecule has 1 saturated heterocycles. The van der Waals surface area contributed by atoms with Gasteiger partial charge in [0.25, 0.3) is 0 Å². The number of esters is 1. The number of benzene rings is 1. The highest BCUT2D eigenvalue weighted by Crippen LogP contribution is 2.38. The molecule has 4 heteroatoms. The highest BCUT2D eigenvalue weighted by Gasteiger charge is 2.48. The van der Waals surface area contributed by atoms with Crippen LogP contribution in [0.5, 0.6) is 0 Å². The number of rotatable bonds is 2. The van der Waals surface area contributed by atoms with Crippen molar-refractivity contribution in [3.8, 4) is 0 Å². The molecule has 1 aromatic carbocycles. The number of carbonyl (C=O) groups is 1. The molecule has 0 N–H and O–H groups in total. The number of hydrogen-bond acceptors (Lipinski definition) is 4. The van der Waals surface area contributed by atoms with Crippen LogP contribution in [-0.4, -0.2) is 30.1 Å². The molecule has 3 atom stereocenters. The molecule has 1 heterocycles. The molecule has 4 nitrogen and oxygen atoms in total. The Morgan fingerprint density at radius 3 is 2.70 bits per heavy atom. The van der Waals surface area contributed by atoms with Crippen LogP contribution in [-0.2, 0) is 14.2 Å². The largest absolute Gasteiger partial charge is 0.456 e. The average Bonchev–Trinajstić information content (AvgIpc) is 2.75. The Kier molecular flexibility index (Phi) is 3.52. The molecule has 1 aliphatic carbocycles. The van der Waals surface area contributed by atoms with Crippen molar-refractivity contribution in [1.82, 2.24) is 0 Å². The zero-order valence-electron chi connectivity index (χ0n) is 11.9. The van der Waals surface area contributed by atoms with Crippen LogP contribution in [0.15, 0.2) is 30.3 Å². The summed E-state index contributed by atoms with van der Waals surface area (Å²) in [5, 5.41) is 0. The van der Waals surface area contributed by atoms with Crippen molar-refractivity contribution in [1.29, 1.82) is 0 Å². The Hall–Kier alpha value is -1.39. The quantitative estimate of drug-likeness (QED) is 0.779. The molecule has 2 aliphatic rings. The molecule has 0 amide bonds. The first-order valence-electron chi connectivity index (χ1n) is 7.17. The number of carbonyl (C=O) groups excluding carboxylic acids is 1. The molecule has 2 fully saturated rings. The molecule has 1 aromatic rings. The summed E-state index contributed by atoms with van der Waals surface area (Å²) in [6.45, 7) is 3.81. The lowest BCUT2D eigenvalue weighted by Gasteiger charge is -2.30. The van der Waals surface area contributed by atoms with Gasteiger partial charge in [-0.15, -0.1) is 0 Å². The number of hydrogen-bond donors (Lipinski definition) is 0. The van der Waals surface area contributed by atoms with Crippen molar-refractivity contribution < 1.29 is 19.0 Å². The lowest BCUT2D eigenvalue weighted by atomic mass is 9.92. The van der Waals surface area contributed by atoms with Gasteiger partial charge < -0.3 is 14.2 Å². The molecular weight excluding hydrogens is 256 g/mol. The maximum Gasteiger partial charge on any atom is 0.338 e. The van der Waals surface area contributed by atoms with Crippen molar-refractivity contribution in [2.75, 3.05) is 0 Å². The van der Waals surface area contributed by atoms with E-state index >= 15 is 0 Å². The summed E-state index contributed by atoms with van der Waals surface area (Å²) in [5.74, 6) is -0.874. The third-order valence-corrected chi connectivity index (χ3v) is 3.83. The standard InChI is InChI=1S/C16H20O4/c1-16(2)19-13-10-6-9-12(14(13)20-16)18-15(17)11-7-4-3-5-8-11/h3-5,7-8,12-14H,6,9-10H2,1-2H3/t12-,13?,14?/m1/s1. The fraction of sp³-hybridized carbons (Fsp3) is 0.562. The van der Waals surface area contributed by atoms with Crippen molar-refractivity contribution >= 4 is 5.97 Å². The molecule has 2 unspecified atom stereocenters. The van der Waals surface area contributed by atoms with Crippen LogP contribution in [0.2, 0.25) is 0 Å². The molecule has 108 valence electrons. The summed E-state index contributed by atoms with van der Waals surface area (Å²) in [6.07, 6.45) is 2.46. The highest BCUT2D eigenvalue weighted by molar-refractivity contribution is 5.89. The van der Waals surface area contributed by atoms with Crippen molar-refractivity contribution in [3.05, 3.63) is 35.9 Å². The Labute approximate surface area is 119 Å². The first-order chi connectivity index (χ1) is 9.55. The second-order valence-electron chi connectivity index (χ2n) is 5.88. The zero-order chi connectivity index (χ0) is 14.2. The minimum absolute atomic E-state index is 0.0346. The van der Waals surface area contributed by atoms with Gasteiger partial charge in [0.1, 0.15) is 12.2 Å². The third-order valence-electron chi connectivity index (χ3n) is 3.83. The van der Waals surface area contributed by atoms with Gasteiger partial charge in [-0.25, -0.2) is 4.79 Å². The van der Waals surface area contributed by atoms with E-state index in [9.17, 15) is 4.79 Å². The van der Waals surface area contributed by atoms with E-state index in [2.05, 4.69) is 0 Å². The molecule has 0 bridgehead atoms. The molecule has 1 saturated carbocycles. The minimum atomic E-state index is -0.586. The van der Waals surface area contributed by atoms with Crippen molar-refractivity contribution in [2.24, 2.45) is 0 Å². The van der Waals surface area contributed by atoms with E-state index < -0.39 is 5.79 Å². The molecule has 3 rings (SSSR count). The summed E-state index contributed by atoms with van der Waals surface area (Å²) in [7, 11) is 0. The summed E-state index contributed by atoms with van der Waals surface area (Å²) in [4.78, 5) is 12.1. The van der Waals surface area contributed by atoms with E-state index in [4.69, 9.17) is 14.2 Å². The van der Waals surface area contributed by atoms with Gasteiger partial charge in [0.2, 0.25) is 0 Å². The predicted molar refractivity (Wildman–Crippen MR) is 73.3 cm³/mol. The van der Waals surface area contributed by atoms with Crippen LogP contribution in [0.4, 0.5) is 0 Å². The monoisotopic (exact) mass is 276 g/mol. The Balaban J connectivity index is 1.69. The SMILES string of the molecule is CC1(C)OC2CCC[C@@H](OC(=O)c3ccccc3)C2O1. The van der Waals surface area contributed by atoms with Crippen LogP contribution in [0.25, 0.3) is 0 Å². The summed E-state index contributed by atoms with van der Waals surface area (Å²) in [6, 6.07) is 9.07. The fourth-order valence-electron chi connectivity index (χ4n) is 2.99. The Morgan fingerprint density at radius 1 is 1.20 bits per heavy atom. The second-order valence-corrected chi connectivity index (χ2v) is 5.88. The first-order valence-corrected chi connectivity index (χ1v) is 7.17. The smallest absolute Gasteiger partial charge is 0.338 e. The van der Waals surface area contributed by atoms with Gasteiger partial charge in [-0.2, -0.15) is 0 Å². The molecule has 0 spiro atoms. The van der Waals surface area contributed by atoms with Crippen LogP contribution in [0, 0.1) is 0 Å². The van der Waals surface area contributed by atoms with Gasteiger partial charge in [-0.05, 0) is 45.2 Å². The molecule has 0 aromatic heterocycles. The van der Waals surface area contributed by atoms with Gasteiger partial charge in [-0.3, -0.25) is 0 Å². The Morgan fingerprint density at radius 2 is 1.95 bits per heavy atom. The molecule has 0 radical (unpaired) electrons. The Bertz CT molecular complexity index is 483. The number of fused-ring (bicyclic) bond motifs is 1. The van der Waals surface area contributed by atoms with Gasteiger partial charge in [-0.1, -0.05) is 18.2 Å². The molecular formula is C16H20O4. The van der Waals surface area contributed by atoms with Gasteiger partial charge in [0.15, 0.2) is 5.79 Å². The van der Waals surface area contributed by atoms with Gasteiger partial charge in [0, 0.05) is 0 Å².